The SMILES string of the molecule is Cc1c(C)c([Si](c2ccccc2)(c2ccccc2)c2ccccc2)n(-c2ccccc2)c1-c1ccccc1. The summed E-state index contributed by atoms with van der Waals surface area (Å²) in [6, 6.07) is 55.3. The second-order valence-corrected chi connectivity index (χ2v) is 13.5. The summed E-state index contributed by atoms with van der Waals surface area (Å²) in [7, 11) is -2.75. The van der Waals surface area contributed by atoms with Gasteiger partial charge in [0.25, 0.3) is 0 Å². The van der Waals surface area contributed by atoms with Crippen molar-refractivity contribution in [3.63, 3.8) is 0 Å². The molecule has 0 bridgehead atoms. The molecule has 1 aromatic heterocycles. The molecule has 0 spiro atoms. The van der Waals surface area contributed by atoms with Gasteiger partial charge in [-0.3, -0.25) is 0 Å². The van der Waals surface area contributed by atoms with E-state index in [-0.39, 0.29) is 0 Å². The molecule has 0 amide bonds. The van der Waals surface area contributed by atoms with Crippen LogP contribution in [0.15, 0.2) is 152 Å². The molecule has 0 aliphatic carbocycles. The first-order chi connectivity index (χ1) is 18.7. The maximum absolute atomic E-state index is 2.75. The lowest BCUT2D eigenvalue weighted by molar-refractivity contribution is 1.11. The minimum atomic E-state index is -2.75. The number of aromatic nitrogens is 1. The van der Waals surface area contributed by atoms with Gasteiger partial charge in [-0.15, -0.1) is 0 Å². The Morgan fingerprint density at radius 2 is 0.789 bits per heavy atom. The fourth-order valence-corrected chi connectivity index (χ4v) is 11.2. The van der Waals surface area contributed by atoms with Gasteiger partial charge in [-0.25, -0.2) is 0 Å². The van der Waals surface area contributed by atoms with Crippen LogP contribution in [0.3, 0.4) is 0 Å². The molecule has 0 aliphatic heterocycles. The molecule has 1 heterocycles. The van der Waals surface area contributed by atoms with Crippen LogP contribution in [0.4, 0.5) is 0 Å². The highest BCUT2D eigenvalue weighted by Crippen LogP contribution is 2.31. The molecule has 38 heavy (non-hydrogen) atoms. The van der Waals surface area contributed by atoms with Gasteiger partial charge in [0, 0.05) is 11.0 Å². The average Bonchev–Trinajstić information content (AvgIpc) is 3.26. The third-order valence-corrected chi connectivity index (χ3v) is 12.7. The number of hydrogen-bond donors (Lipinski definition) is 0. The van der Waals surface area contributed by atoms with Crippen molar-refractivity contribution in [3.05, 3.63) is 163 Å². The van der Waals surface area contributed by atoms with Gasteiger partial charge in [-0.05, 0) is 58.2 Å². The van der Waals surface area contributed by atoms with Gasteiger partial charge in [0.05, 0.1) is 5.69 Å². The van der Waals surface area contributed by atoms with Crippen LogP contribution in [0, 0.1) is 13.8 Å². The number of para-hydroxylation sites is 1. The highest BCUT2D eigenvalue weighted by Gasteiger charge is 2.46. The molecule has 6 aromatic rings. The second-order valence-electron chi connectivity index (χ2n) is 9.83. The topological polar surface area (TPSA) is 4.93 Å². The molecule has 184 valence electrons. The number of benzene rings is 5. The van der Waals surface area contributed by atoms with E-state index in [4.69, 9.17) is 0 Å². The maximum atomic E-state index is 2.57. The van der Waals surface area contributed by atoms with E-state index < -0.39 is 8.07 Å². The Morgan fingerprint density at radius 3 is 1.21 bits per heavy atom. The largest absolute Gasteiger partial charge is 0.316 e. The van der Waals surface area contributed by atoms with E-state index in [1.807, 2.05) is 0 Å². The average molecular weight is 506 g/mol. The molecule has 0 radical (unpaired) electrons. The van der Waals surface area contributed by atoms with Crippen LogP contribution in [-0.4, -0.2) is 12.6 Å². The van der Waals surface area contributed by atoms with Crippen LogP contribution in [0.25, 0.3) is 16.9 Å². The molecule has 5 aromatic carbocycles. The molecule has 0 saturated carbocycles. The molecular weight excluding hydrogens is 474 g/mol. The van der Waals surface area contributed by atoms with Gasteiger partial charge >= 0.3 is 0 Å². The second kappa shape index (κ2) is 10.2. The lowest BCUT2D eigenvalue weighted by atomic mass is 10.1. The van der Waals surface area contributed by atoms with Crippen LogP contribution in [0.1, 0.15) is 11.1 Å². The first-order valence-electron chi connectivity index (χ1n) is 13.2. The van der Waals surface area contributed by atoms with E-state index in [1.165, 1.54) is 48.9 Å². The summed E-state index contributed by atoms with van der Waals surface area (Å²) < 4.78 is 2.57. The van der Waals surface area contributed by atoms with Gasteiger partial charge in [-0.1, -0.05) is 140 Å². The third kappa shape index (κ3) is 3.85. The van der Waals surface area contributed by atoms with Gasteiger partial charge < -0.3 is 4.57 Å². The van der Waals surface area contributed by atoms with Crippen molar-refractivity contribution in [2.75, 3.05) is 0 Å². The van der Waals surface area contributed by atoms with Gasteiger partial charge in [-0.2, -0.15) is 0 Å². The van der Waals surface area contributed by atoms with Crippen LogP contribution in [0.2, 0.25) is 0 Å². The van der Waals surface area contributed by atoms with Crippen LogP contribution >= 0.6 is 0 Å². The Kier molecular flexibility index (Phi) is 6.41. The van der Waals surface area contributed by atoms with Crippen LogP contribution in [-0.2, 0) is 0 Å². The fraction of sp³-hybridized carbons (Fsp3) is 0.0556. The van der Waals surface area contributed by atoms with E-state index in [0.717, 1.165) is 0 Å². The quantitative estimate of drug-likeness (QED) is 0.189. The first-order valence-corrected chi connectivity index (χ1v) is 15.2. The predicted molar refractivity (Wildman–Crippen MR) is 164 cm³/mol. The fourth-order valence-electron chi connectivity index (χ4n) is 6.00. The van der Waals surface area contributed by atoms with Crippen molar-refractivity contribution < 1.29 is 0 Å². The molecule has 0 atom stereocenters. The minimum absolute atomic E-state index is 1.19. The summed E-state index contributed by atoms with van der Waals surface area (Å²) in [5.74, 6) is 0. The van der Waals surface area contributed by atoms with Crippen molar-refractivity contribution in [3.8, 4) is 16.9 Å². The monoisotopic (exact) mass is 505 g/mol. The normalized spacial score (nSPS) is 11.4. The van der Waals surface area contributed by atoms with E-state index in [0.29, 0.717) is 0 Å². The summed E-state index contributed by atoms with van der Waals surface area (Å²) in [5, 5.41) is 5.56. The Morgan fingerprint density at radius 1 is 0.421 bits per heavy atom. The zero-order valence-corrected chi connectivity index (χ0v) is 22.9. The highest BCUT2D eigenvalue weighted by molar-refractivity contribution is 7.19. The predicted octanol–water partition coefficient (Wildman–Crippen LogP) is 6.14. The lowest BCUT2D eigenvalue weighted by Gasteiger charge is -2.36. The van der Waals surface area contributed by atoms with Crippen LogP contribution < -0.4 is 20.9 Å². The molecule has 0 unspecified atom stereocenters. The van der Waals surface area contributed by atoms with Crippen molar-refractivity contribution in [2.45, 2.75) is 13.8 Å². The minimum Gasteiger partial charge on any atom is -0.316 e. The van der Waals surface area contributed by atoms with Gasteiger partial charge in [0.15, 0.2) is 8.07 Å². The Hall–Kier alpha value is -4.40. The Bertz CT molecular complexity index is 1540. The standard InChI is InChI=1S/C36H31NSi/c1-28-29(2)36(37(31-20-10-4-11-21-31)35(28)30-18-8-3-9-19-30)38(32-22-12-5-13-23-32,33-24-14-6-15-25-33)34-26-16-7-17-27-34/h3-27H,1-2H3. The summed E-state index contributed by atoms with van der Waals surface area (Å²) in [5.41, 5.74) is 6.38. The molecule has 1 nitrogen and oxygen atoms in total. The van der Waals surface area contributed by atoms with Gasteiger partial charge in [0.2, 0.25) is 0 Å². The zero-order valence-electron chi connectivity index (χ0n) is 21.9. The summed E-state index contributed by atoms with van der Waals surface area (Å²) >= 11 is 0. The molecular formula is C36H31NSi. The Labute approximate surface area is 226 Å². The van der Waals surface area contributed by atoms with Crippen LogP contribution in [0.5, 0.6) is 0 Å². The van der Waals surface area contributed by atoms with Gasteiger partial charge in [0.1, 0.15) is 0 Å². The van der Waals surface area contributed by atoms with Crippen molar-refractivity contribution in [2.24, 2.45) is 0 Å². The third-order valence-electron chi connectivity index (χ3n) is 7.76. The van der Waals surface area contributed by atoms with E-state index >= 15 is 0 Å². The van der Waals surface area contributed by atoms with E-state index in [9.17, 15) is 0 Å². The smallest absolute Gasteiger partial charge is 0.200 e. The highest BCUT2D eigenvalue weighted by atomic mass is 28.3. The number of nitrogens with zero attached hydrogens (tertiary/aromatic N) is 1. The molecule has 0 N–H and O–H groups in total. The van der Waals surface area contributed by atoms with Crippen molar-refractivity contribution >= 4 is 29.0 Å². The first kappa shape index (κ1) is 24.0. The molecule has 0 saturated heterocycles. The number of rotatable bonds is 6. The Balaban J connectivity index is 1.86. The maximum Gasteiger partial charge on any atom is 0.200 e. The molecule has 0 fully saturated rings. The zero-order chi connectivity index (χ0) is 26.0. The molecule has 0 aliphatic rings. The molecule has 2 heteroatoms. The number of hydrogen-bond acceptors (Lipinski definition) is 0. The summed E-state index contributed by atoms with van der Waals surface area (Å²) in [6.07, 6.45) is 0. The van der Waals surface area contributed by atoms with Crippen molar-refractivity contribution in [1.82, 2.24) is 4.57 Å². The summed E-state index contributed by atoms with van der Waals surface area (Å²) in [4.78, 5) is 0. The van der Waals surface area contributed by atoms with E-state index in [1.54, 1.807) is 0 Å². The van der Waals surface area contributed by atoms with E-state index in [2.05, 4.69) is 170 Å². The lowest BCUT2D eigenvalue weighted by Crippen LogP contribution is -2.76. The summed E-state index contributed by atoms with van der Waals surface area (Å²) in [6.45, 7) is 4.62. The van der Waals surface area contributed by atoms with Crippen molar-refractivity contribution in [1.29, 1.82) is 0 Å². The molecule has 6 rings (SSSR count).